The van der Waals surface area contributed by atoms with Crippen molar-refractivity contribution in [3.05, 3.63) is 68.8 Å². The molecule has 0 spiro atoms. The molecule has 0 aliphatic carbocycles. The second-order valence-electron chi connectivity index (χ2n) is 6.74. The third-order valence-corrected chi connectivity index (χ3v) is 5.72. The number of alkyl halides is 3. The molecular weight excluding hydrogens is 458 g/mol. The van der Waals surface area contributed by atoms with Crippen LogP contribution in [-0.4, -0.2) is 15.4 Å². The number of rotatable bonds is 7. The summed E-state index contributed by atoms with van der Waals surface area (Å²) in [6, 6.07) is 8.65. The number of aliphatic carboxylic acids is 1. The Kier molecular flexibility index (Phi) is 6.86. The van der Waals surface area contributed by atoms with Gasteiger partial charge in [-0.3, -0.25) is 4.79 Å². The van der Waals surface area contributed by atoms with Crippen LogP contribution in [0, 0.1) is 12.7 Å². The molecule has 0 saturated heterocycles. The molecule has 0 fully saturated rings. The first kappa shape index (κ1) is 23.0. The number of aromatic nitrogens is 1. The number of carboxylic acids is 1. The monoisotopic (exact) mass is 473 g/mol. The van der Waals surface area contributed by atoms with Crippen LogP contribution < -0.4 is 4.74 Å². The van der Waals surface area contributed by atoms with Gasteiger partial charge in [0.15, 0.2) is 11.6 Å². The molecule has 0 radical (unpaired) electrons. The quantitative estimate of drug-likeness (QED) is 0.396. The van der Waals surface area contributed by atoms with Crippen molar-refractivity contribution in [2.24, 2.45) is 0 Å². The highest BCUT2D eigenvalue weighted by Gasteiger charge is 2.38. The van der Waals surface area contributed by atoms with Crippen LogP contribution in [0.15, 0.2) is 36.4 Å². The Bertz CT molecular complexity index is 1100. The van der Waals surface area contributed by atoms with E-state index in [0.717, 1.165) is 6.07 Å². The van der Waals surface area contributed by atoms with Gasteiger partial charge in [0.25, 0.3) is 0 Å². The first-order valence-corrected chi connectivity index (χ1v) is 10.2. The number of hydrogen-bond acceptors (Lipinski definition) is 4. The van der Waals surface area contributed by atoms with Crippen LogP contribution in [0.3, 0.4) is 0 Å². The largest absolute Gasteiger partial charge is 0.486 e. The minimum Gasteiger partial charge on any atom is -0.486 e. The zero-order valence-corrected chi connectivity index (χ0v) is 17.7. The minimum absolute atomic E-state index is 0.0872. The summed E-state index contributed by atoms with van der Waals surface area (Å²) in [6.45, 7) is 1.10. The highest BCUT2D eigenvalue weighted by molar-refractivity contribution is 7.06. The maximum Gasteiger partial charge on any atom is 0.427 e. The summed E-state index contributed by atoms with van der Waals surface area (Å²) in [5.41, 5.74) is 1.38. The molecule has 0 aliphatic rings. The van der Waals surface area contributed by atoms with Crippen LogP contribution in [-0.2, 0) is 24.0 Å². The SMILES string of the molecule is Cc1cc(OCc2c(-c3ccc(Cl)cc3)nsc2C(F)(F)F)c(F)cc1CCC(=O)O. The molecule has 0 atom stereocenters. The van der Waals surface area contributed by atoms with Crippen LogP contribution in [0.2, 0.25) is 5.02 Å². The summed E-state index contributed by atoms with van der Waals surface area (Å²) in [4.78, 5) is 9.80. The Morgan fingerprint density at radius 3 is 2.52 bits per heavy atom. The zero-order chi connectivity index (χ0) is 22.8. The van der Waals surface area contributed by atoms with Crippen LogP contribution in [0.4, 0.5) is 17.6 Å². The van der Waals surface area contributed by atoms with Crippen LogP contribution in [0.25, 0.3) is 11.3 Å². The number of carboxylic acid groups (broad SMARTS) is 1. The van der Waals surface area contributed by atoms with Crippen molar-refractivity contribution in [2.75, 3.05) is 0 Å². The van der Waals surface area contributed by atoms with Crippen LogP contribution >= 0.6 is 23.1 Å². The average molecular weight is 474 g/mol. The van der Waals surface area contributed by atoms with Crippen molar-refractivity contribution in [3.8, 4) is 17.0 Å². The van der Waals surface area contributed by atoms with E-state index in [9.17, 15) is 22.4 Å². The number of halogens is 5. The normalized spacial score (nSPS) is 11.5. The smallest absolute Gasteiger partial charge is 0.427 e. The van der Waals surface area contributed by atoms with Crippen LogP contribution in [0.5, 0.6) is 5.75 Å². The highest BCUT2D eigenvalue weighted by Crippen LogP contribution is 2.40. The fraction of sp³-hybridized carbons (Fsp3) is 0.238. The molecule has 1 N–H and O–H groups in total. The number of nitrogens with zero attached hydrogens (tertiary/aromatic N) is 1. The van der Waals surface area contributed by atoms with Crippen molar-refractivity contribution in [1.82, 2.24) is 4.37 Å². The van der Waals surface area contributed by atoms with Gasteiger partial charge in [0.1, 0.15) is 11.5 Å². The molecule has 3 rings (SSSR count). The molecule has 4 nitrogen and oxygen atoms in total. The molecule has 10 heteroatoms. The summed E-state index contributed by atoms with van der Waals surface area (Å²) >= 11 is 6.14. The fourth-order valence-corrected chi connectivity index (χ4v) is 3.86. The average Bonchev–Trinajstić information content (AvgIpc) is 3.12. The lowest BCUT2D eigenvalue weighted by molar-refractivity contribution is -0.137. The summed E-state index contributed by atoms with van der Waals surface area (Å²) in [5, 5.41) is 9.21. The van der Waals surface area contributed by atoms with Gasteiger partial charge in [-0.1, -0.05) is 23.7 Å². The minimum atomic E-state index is -4.64. The molecule has 1 heterocycles. The summed E-state index contributed by atoms with van der Waals surface area (Å²) < 4.78 is 64.3. The predicted molar refractivity (Wildman–Crippen MR) is 109 cm³/mol. The molecular formula is C21H16ClF4NO3S. The van der Waals surface area contributed by atoms with E-state index in [1.54, 1.807) is 19.1 Å². The van der Waals surface area contributed by atoms with Gasteiger partial charge < -0.3 is 9.84 Å². The van der Waals surface area contributed by atoms with E-state index >= 15 is 0 Å². The number of ether oxygens (including phenoxy) is 1. The van der Waals surface area contributed by atoms with Gasteiger partial charge in [0.05, 0.1) is 5.69 Å². The Hall–Kier alpha value is -2.65. The van der Waals surface area contributed by atoms with E-state index in [1.807, 2.05) is 0 Å². The third-order valence-electron chi connectivity index (χ3n) is 4.53. The van der Waals surface area contributed by atoms with Gasteiger partial charge in [0, 0.05) is 22.6 Å². The van der Waals surface area contributed by atoms with Crippen molar-refractivity contribution < 1.29 is 32.2 Å². The summed E-state index contributed by atoms with van der Waals surface area (Å²) in [6.07, 6.45) is -4.68. The van der Waals surface area contributed by atoms with E-state index < -0.39 is 29.4 Å². The molecule has 1 aromatic heterocycles. The summed E-state index contributed by atoms with van der Waals surface area (Å²) in [5.74, 6) is -2.02. The predicted octanol–water partition coefficient (Wildman–Crippen LogP) is 6.53. The lowest BCUT2D eigenvalue weighted by Gasteiger charge is -2.13. The van der Waals surface area contributed by atoms with Crippen molar-refractivity contribution in [1.29, 1.82) is 0 Å². The molecule has 0 saturated carbocycles. The van der Waals surface area contributed by atoms with Gasteiger partial charge in [0.2, 0.25) is 0 Å². The third kappa shape index (κ3) is 5.54. The Morgan fingerprint density at radius 2 is 1.90 bits per heavy atom. The van der Waals surface area contributed by atoms with E-state index in [4.69, 9.17) is 21.4 Å². The first-order chi connectivity index (χ1) is 14.6. The van der Waals surface area contributed by atoms with Crippen LogP contribution in [0.1, 0.15) is 28.0 Å². The van der Waals surface area contributed by atoms with Gasteiger partial charge in [-0.25, -0.2) is 4.39 Å². The molecule has 0 amide bonds. The molecule has 2 aromatic carbocycles. The van der Waals surface area contributed by atoms with E-state index in [-0.39, 0.29) is 29.8 Å². The number of carbonyl (C=O) groups is 1. The van der Waals surface area contributed by atoms with Gasteiger partial charge in [-0.2, -0.15) is 17.5 Å². The van der Waals surface area contributed by atoms with E-state index in [2.05, 4.69) is 4.37 Å². The zero-order valence-electron chi connectivity index (χ0n) is 16.1. The van der Waals surface area contributed by atoms with Gasteiger partial charge >= 0.3 is 12.1 Å². The lowest BCUT2D eigenvalue weighted by Crippen LogP contribution is -2.09. The fourth-order valence-electron chi connectivity index (χ4n) is 2.97. The second-order valence-corrected chi connectivity index (χ2v) is 7.94. The van der Waals surface area contributed by atoms with Crippen molar-refractivity contribution in [3.63, 3.8) is 0 Å². The van der Waals surface area contributed by atoms with E-state index in [1.165, 1.54) is 18.2 Å². The number of aryl methyl sites for hydroxylation is 2. The Labute approximate surface area is 184 Å². The molecule has 0 bridgehead atoms. The maximum absolute atomic E-state index is 14.5. The van der Waals surface area contributed by atoms with E-state index in [0.29, 0.717) is 33.2 Å². The molecule has 31 heavy (non-hydrogen) atoms. The van der Waals surface area contributed by atoms with Crippen molar-refractivity contribution >= 4 is 29.1 Å². The molecule has 0 unspecified atom stereocenters. The second kappa shape index (κ2) is 9.23. The Morgan fingerprint density at radius 1 is 1.23 bits per heavy atom. The number of benzene rings is 2. The topological polar surface area (TPSA) is 59.4 Å². The van der Waals surface area contributed by atoms with Crippen molar-refractivity contribution in [2.45, 2.75) is 32.5 Å². The summed E-state index contributed by atoms with van der Waals surface area (Å²) in [7, 11) is 0. The van der Waals surface area contributed by atoms with Gasteiger partial charge in [-0.05, 0) is 60.3 Å². The molecule has 3 aromatic rings. The van der Waals surface area contributed by atoms with Gasteiger partial charge in [-0.15, -0.1) is 0 Å². The standard InChI is InChI=1S/C21H16ClF4NO3S/c1-11-8-17(16(23)9-13(11)4-7-18(28)29)30-10-15-19(12-2-5-14(22)6-3-12)27-31-20(15)21(24,25)26/h2-3,5-6,8-9H,4,7,10H2,1H3,(H,28,29). The molecule has 164 valence electrons. The number of hydrogen-bond donors (Lipinski definition) is 1. The molecule has 0 aliphatic heterocycles. The highest BCUT2D eigenvalue weighted by atomic mass is 35.5. The maximum atomic E-state index is 14.5. The first-order valence-electron chi connectivity index (χ1n) is 9.01. The Balaban J connectivity index is 1.90. The lowest BCUT2D eigenvalue weighted by atomic mass is 10.0.